The number of nitrogens with zero attached hydrogens (tertiary/aromatic N) is 7. The van der Waals surface area contributed by atoms with Crippen LogP contribution in [0.1, 0.15) is 80.8 Å². The molecule has 0 unspecified atom stereocenters. The molecule has 0 aliphatic carbocycles. The van der Waals surface area contributed by atoms with Gasteiger partial charge < -0.3 is 0 Å². The average Bonchev–Trinajstić information content (AvgIpc) is 1.06. The lowest BCUT2D eigenvalue weighted by Crippen LogP contribution is -2.34. The van der Waals surface area contributed by atoms with E-state index in [1.54, 1.807) is 30.6 Å². The van der Waals surface area contributed by atoms with Crippen LogP contribution in [0.2, 0.25) is 0 Å². The molecular weight excluding hydrogens is 1260 g/mol. The molecule has 526 valence electrons. The highest BCUT2D eigenvalue weighted by molar-refractivity contribution is 5.66. The second-order valence-electron chi connectivity index (χ2n) is 26.9. The first-order valence-corrected chi connectivity index (χ1v) is 35.5. The SMILES string of the molecule is Cc1cc[n+](C)c(-c2ccccc2C)c1.Cc1ccc(-c2ccccc2C)[n+](C)c1.Cc1ccccc1-c1cccc(C)[n+]1C.Cc1ccccc1-c1cccc(C)[n+]1C.Cc1ccccc1-c1cccc[n+]1C.[2H]C([2H])([2H])c1cc[n+](C)c(-c2ccccc2C)c1.[2H]C([2H])([2H])c1ccc(-c2ccccc2C)[n+](C)c1. The van der Waals surface area contributed by atoms with E-state index in [2.05, 4.69) is 333 Å². The fourth-order valence-electron chi connectivity index (χ4n) is 12.4. The van der Waals surface area contributed by atoms with Crippen molar-refractivity contribution < 1.29 is 40.2 Å². The van der Waals surface area contributed by atoms with Gasteiger partial charge in [-0.25, -0.2) is 22.8 Å². The van der Waals surface area contributed by atoms with Gasteiger partial charge in [0.2, 0.25) is 39.9 Å². The molecule has 0 radical (unpaired) electrons. The summed E-state index contributed by atoms with van der Waals surface area (Å²) in [7, 11) is 14.3. The van der Waals surface area contributed by atoms with Crippen LogP contribution < -0.4 is 32.0 Å². The van der Waals surface area contributed by atoms with Crippen LogP contribution in [0.3, 0.4) is 0 Å². The Morgan fingerprint density at radius 3 is 0.808 bits per heavy atom. The molecule has 0 saturated carbocycles. The highest BCUT2D eigenvalue weighted by Crippen LogP contribution is 2.26. The molecule has 0 N–H and O–H groups in total. The lowest BCUT2D eigenvalue weighted by atomic mass is 10.0. The molecule has 7 heterocycles. The summed E-state index contributed by atoms with van der Waals surface area (Å²) in [5.41, 5.74) is 31.7. The second kappa shape index (κ2) is 38.0. The highest BCUT2D eigenvalue weighted by Gasteiger charge is 2.18. The van der Waals surface area contributed by atoms with Gasteiger partial charge in [0.25, 0.3) is 0 Å². The van der Waals surface area contributed by atoms with E-state index in [0.717, 1.165) is 28.1 Å². The van der Waals surface area contributed by atoms with E-state index in [4.69, 9.17) is 8.22 Å². The molecule has 0 aliphatic rings. The summed E-state index contributed by atoms with van der Waals surface area (Å²) < 4.78 is 59.4. The van der Waals surface area contributed by atoms with Gasteiger partial charge in [-0.15, -0.1) is 0 Å². The van der Waals surface area contributed by atoms with Gasteiger partial charge in [0, 0.05) is 145 Å². The number of hydrogen-bond acceptors (Lipinski definition) is 0. The summed E-state index contributed by atoms with van der Waals surface area (Å²) in [5, 5.41) is 0. The Labute approximate surface area is 631 Å². The first-order chi connectivity index (χ1) is 52.3. The minimum Gasteiger partial charge on any atom is -0.201 e. The molecule has 0 fully saturated rings. The van der Waals surface area contributed by atoms with Crippen LogP contribution in [0.25, 0.3) is 78.8 Å². The Bertz CT molecular complexity index is 5230. The molecular formula is C97H110N7+7. The van der Waals surface area contributed by atoms with Crippen LogP contribution in [0.15, 0.2) is 304 Å². The van der Waals surface area contributed by atoms with Crippen molar-refractivity contribution in [2.45, 2.75) is 89.9 Å². The number of benzene rings is 7. The zero-order valence-corrected chi connectivity index (χ0v) is 64.5. The van der Waals surface area contributed by atoms with Crippen molar-refractivity contribution in [1.29, 1.82) is 0 Å². The summed E-state index contributed by atoms with van der Waals surface area (Å²) in [5.74, 6) is 0. The predicted octanol–water partition coefficient (Wildman–Crippen LogP) is 19.3. The Morgan fingerprint density at radius 1 is 0.202 bits per heavy atom. The van der Waals surface area contributed by atoms with Crippen LogP contribution in [-0.4, -0.2) is 0 Å². The van der Waals surface area contributed by atoms with Crippen molar-refractivity contribution in [1.82, 2.24) is 0 Å². The van der Waals surface area contributed by atoms with Crippen LogP contribution in [0.4, 0.5) is 0 Å². The largest absolute Gasteiger partial charge is 0.212 e. The van der Waals surface area contributed by atoms with Crippen molar-refractivity contribution in [3.8, 4) is 78.8 Å². The molecule has 104 heavy (non-hydrogen) atoms. The number of aromatic nitrogens is 7. The fraction of sp³-hybridized carbons (Fsp3) is 0.206. The number of pyridine rings is 7. The van der Waals surface area contributed by atoms with Gasteiger partial charge >= 0.3 is 0 Å². The average molecular weight is 1380 g/mol. The Morgan fingerprint density at radius 2 is 0.471 bits per heavy atom. The Hall–Kier alpha value is -11.4. The topological polar surface area (TPSA) is 27.2 Å². The van der Waals surface area contributed by atoms with Crippen molar-refractivity contribution in [3.05, 3.63) is 377 Å². The maximum absolute atomic E-state index is 7.48. The maximum atomic E-state index is 7.48. The first-order valence-electron chi connectivity index (χ1n) is 38.5. The van der Waals surface area contributed by atoms with E-state index in [9.17, 15) is 0 Å². The van der Waals surface area contributed by atoms with E-state index >= 15 is 0 Å². The molecule has 0 saturated heterocycles. The number of hydrogen-bond donors (Lipinski definition) is 0. The molecule has 0 bridgehead atoms. The third-order valence-corrected chi connectivity index (χ3v) is 18.8. The molecule has 7 nitrogen and oxygen atoms in total. The third-order valence-electron chi connectivity index (χ3n) is 18.8. The molecule has 7 aromatic heterocycles. The quantitative estimate of drug-likeness (QED) is 0.142. The van der Waals surface area contributed by atoms with Crippen LogP contribution in [-0.2, 0) is 49.3 Å². The third kappa shape index (κ3) is 21.3. The Balaban J connectivity index is 0.000000162. The molecule has 14 aromatic rings. The first kappa shape index (κ1) is 69.7. The van der Waals surface area contributed by atoms with Crippen molar-refractivity contribution in [2.24, 2.45) is 49.3 Å². The lowest BCUT2D eigenvalue weighted by Gasteiger charge is -2.04. The Kier molecular flexibility index (Phi) is 25.5. The molecule has 7 aromatic carbocycles. The van der Waals surface area contributed by atoms with Crippen molar-refractivity contribution in [3.63, 3.8) is 0 Å². The van der Waals surface area contributed by atoms with E-state index < -0.39 is 13.7 Å². The zero-order valence-electron chi connectivity index (χ0n) is 70.5. The van der Waals surface area contributed by atoms with Crippen LogP contribution >= 0.6 is 0 Å². The molecule has 7 heteroatoms. The highest BCUT2D eigenvalue weighted by atomic mass is 15.0. The fourth-order valence-corrected chi connectivity index (χ4v) is 12.4. The number of aryl methyl sites for hydroxylation is 18. The minimum absolute atomic E-state index is 0.363. The lowest BCUT2D eigenvalue weighted by molar-refractivity contribution is -0.666. The summed E-state index contributed by atoms with van der Waals surface area (Å²) in [6.45, 7) is 19.2. The molecule has 0 amide bonds. The van der Waals surface area contributed by atoms with E-state index in [1.165, 1.54) is 112 Å². The summed E-state index contributed by atoms with van der Waals surface area (Å²) in [6.07, 6.45) is 9.80. The molecule has 0 atom stereocenters. The van der Waals surface area contributed by atoms with Crippen LogP contribution in [0, 0.1) is 89.9 Å². The minimum atomic E-state index is -2.06. The van der Waals surface area contributed by atoms with E-state index in [0.29, 0.717) is 11.1 Å². The molecule has 0 aliphatic heterocycles. The van der Waals surface area contributed by atoms with Gasteiger partial charge in [0.1, 0.15) is 49.3 Å². The monoisotopic (exact) mass is 1380 g/mol. The van der Waals surface area contributed by atoms with Crippen molar-refractivity contribution in [2.75, 3.05) is 0 Å². The van der Waals surface area contributed by atoms with Crippen LogP contribution in [0.5, 0.6) is 0 Å². The molecule has 0 spiro atoms. The van der Waals surface area contributed by atoms with Gasteiger partial charge in [0.05, 0.1) is 0 Å². The van der Waals surface area contributed by atoms with Gasteiger partial charge in [-0.1, -0.05) is 127 Å². The number of rotatable bonds is 7. The van der Waals surface area contributed by atoms with E-state index in [-0.39, 0.29) is 0 Å². The second-order valence-corrected chi connectivity index (χ2v) is 26.9. The summed E-state index contributed by atoms with van der Waals surface area (Å²) in [6, 6.07) is 93.1. The van der Waals surface area contributed by atoms with Crippen molar-refractivity contribution >= 4 is 0 Å². The summed E-state index contributed by atoms with van der Waals surface area (Å²) in [4.78, 5) is 0. The molecule has 14 rings (SSSR count). The van der Waals surface area contributed by atoms with Gasteiger partial charge in [-0.2, -0.15) is 9.13 Å². The standard InChI is InChI=1S/6C14H16N.C13H14N/c2*1-11-7-4-5-9-13(11)14-10-6-8-12(2)15(14)3;2*1-11-8-9-15(3)14(10-11)13-7-5-4-6-12(13)2;2*1-11-8-9-14(15(3)10-11)13-7-5-4-6-12(13)2;1-11-7-3-4-8-12(11)13-9-5-6-10-14(13)2/h6*4-10H,1-3H3;3-10H,1-2H3/q7*+1/i;;1D3;;1D3;;. The predicted molar refractivity (Wildman–Crippen MR) is 433 cm³/mol. The summed E-state index contributed by atoms with van der Waals surface area (Å²) >= 11 is 0. The normalized spacial score (nSPS) is 11.4. The maximum Gasteiger partial charge on any atom is 0.212 e. The van der Waals surface area contributed by atoms with E-state index in [1.807, 2.05) is 97.7 Å². The zero-order chi connectivity index (χ0) is 80.0. The smallest absolute Gasteiger partial charge is 0.201 e. The van der Waals surface area contributed by atoms with Gasteiger partial charge in [-0.3, -0.25) is 0 Å². The van der Waals surface area contributed by atoms with Gasteiger partial charge in [0.15, 0.2) is 42.4 Å². The van der Waals surface area contributed by atoms with Gasteiger partial charge in [-0.05, 0) is 199 Å².